The third kappa shape index (κ3) is 3.82. The number of ether oxygens (including phenoxy) is 1. The monoisotopic (exact) mass is 308 g/mol. The number of carboxylic acids is 1. The second kappa shape index (κ2) is 6.72. The van der Waals surface area contributed by atoms with Crippen molar-refractivity contribution in [1.29, 1.82) is 0 Å². The molecule has 2 aromatic rings. The number of aryl methyl sites for hydroxylation is 2. The number of halogens is 1. The molecular weight excluding hydrogens is 291 g/mol. The van der Waals surface area contributed by atoms with Gasteiger partial charge in [-0.25, -0.2) is 9.18 Å². The Bertz CT molecular complexity index is 649. The van der Waals surface area contributed by atoms with Crippen molar-refractivity contribution in [3.8, 4) is 5.75 Å². The predicted molar refractivity (Wildman–Crippen MR) is 80.7 cm³/mol. The van der Waals surface area contributed by atoms with Gasteiger partial charge in [0.25, 0.3) is 0 Å². The second-order valence-corrected chi connectivity index (χ2v) is 5.96. The molecule has 0 unspecified atom stereocenters. The quantitative estimate of drug-likeness (QED) is 0.859. The zero-order chi connectivity index (χ0) is 15.4. The maximum atomic E-state index is 13.1. The van der Waals surface area contributed by atoms with E-state index >= 15 is 0 Å². The van der Waals surface area contributed by atoms with E-state index in [4.69, 9.17) is 4.74 Å². The van der Waals surface area contributed by atoms with Gasteiger partial charge in [0, 0.05) is 4.88 Å². The van der Waals surface area contributed by atoms with Crippen LogP contribution < -0.4 is 4.74 Å². The van der Waals surface area contributed by atoms with Gasteiger partial charge in [-0.15, -0.1) is 11.3 Å². The Morgan fingerprint density at radius 2 is 2.14 bits per heavy atom. The average Bonchev–Trinajstić information content (AvgIpc) is 2.81. The van der Waals surface area contributed by atoms with Gasteiger partial charge < -0.3 is 9.84 Å². The molecule has 21 heavy (non-hydrogen) atoms. The van der Waals surface area contributed by atoms with E-state index in [-0.39, 0.29) is 17.3 Å². The van der Waals surface area contributed by atoms with Gasteiger partial charge in [0.15, 0.2) is 4.88 Å². The normalized spacial score (nSPS) is 10.6. The maximum absolute atomic E-state index is 13.1. The Balaban J connectivity index is 2.16. The van der Waals surface area contributed by atoms with Crippen molar-refractivity contribution in [2.75, 3.05) is 0 Å². The van der Waals surface area contributed by atoms with Crippen LogP contribution >= 0.6 is 11.3 Å². The van der Waals surface area contributed by atoms with Crippen molar-refractivity contribution in [3.63, 3.8) is 0 Å². The van der Waals surface area contributed by atoms with Crippen LogP contribution in [0.5, 0.6) is 5.75 Å². The van der Waals surface area contributed by atoms with E-state index in [2.05, 4.69) is 0 Å². The highest BCUT2D eigenvalue weighted by molar-refractivity contribution is 7.14. The van der Waals surface area contributed by atoms with Crippen molar-refractivity contribution >= 4 is 17.3 Å². The van der Waals surface area contributed by atoms with Gasteiger partial charge in [-0.1, -0.05) is 19.4 Å². The highest BCUT2D eigenvalue weighted by Crippen LogP contribution is 2.31. The summed E-state index contributed by atoms with van der Waals surface area (Å²) in [6, 6.07) is 6.26. The van der Waals surface area contributed by atoms with Crippen molar-refractivity contribution in [2.24, 2.45) is 0 Å². The Kier molecular flexibility index (Phi) is 4.96. The molecule has 112 valence electrons. The Hall–Kier alpha value is -1.88. The number of hydrogen-bond donors (Lipinski definition) is 1. The van der Waals surface area contributed by atoms with Crippen LogP contribution in [0.15, 0.2) is 24.3 Å². The first-order valence-electron chi connectivity index (χ1n) is 6.75. The minimum atomic E-state index is -0.979. The fourth-order valence-corrected chi connectivity index (χ4v) is 3.07. The van der Waals surface area contributed by atoms with E-state index in [9.17, 15) is 14.3 Å². The molecule has 1 aromatic carbocycles. The smallest absolute Gasteiger partial charge is 0.349 e. The molecule has 2 rings (SSSR count). The van der Waals surface area contributed by atoms with Gasteiger partial charge in [-0.05, 0) is 42.7 Å². The molecule has 0 atom stereocenters. The van der Waals surface area contributed by atoms with Crippen LogP contribution in [0.25, 0.3) is 0 Å². The fraction of sp³-hybridized carbons (Fsp3) is 0.312. The van der Waals surface area contributed by atoms with E-state index in [0.717, 1.165) is 28.8 Å². The summed E-state index contributed by atoms with van der Waals surface area (Å²) in [5.74, 6) is -0.879. The van der Waals surface area contributed by atoms with Gasteiger partial charge in [0.1, 0.15) is 18.2 Å². The molecule has 1 N–H and O–H groups in total. The lowest BCUT2D eigenvalue weighted by Crippen LogP contribution is -2.01. The van der Waals surface area contributed by atoms with Crippen molar-refractivity contribution < 1.29 is 19.0 Å². The van der Waals surface area contributed by atoms with E-state index in [1.54, 1.807) is 19.1 Å². The zero-order valence-corrected chi connectivity index (χ0v) is 12.8. The van der Waals surface area contributed by atoms with Crippen LogP contribution in [-0.2, 0) is 13.0 Å². The molecule has 0 amide bonds. The van der Waals surface area contributed by atoms with Crippen LogP contribution in [0.3, 0.4) is 0 Å². The summed E-state index contributed by atoms with van der Waals surface area (Å²) >= 11 is 1.25. The number of aromatic carboxylic acids is 1. The van der Waals surface area contributed by atoms with Gasteiger partial charge >= 0.3 is 5.97 Å². The second-order valence-electron chi connectivity index (χ2n) is 4.82. The van der Waals surface area contributed by atoms with Crippen molar-refractivity contribution in [1.82, 2.24) is 0 Å². The number of carboxylic acid groups (broad SMARTS) is 1. The zero-order valence-electron chi connectivity index (χ0n) is 12.0. The van der Waals surface area contributed by atoms with Crippen molar-refractivity contribution in [3.05, 3.63) is 51.0 Å². The minimum Gasteiger partial charge on any atom is -0.487 e. The van der Waals surface area contributed by atoms with Crippen LogP contribution in [0, 0.1) is 12.7 Å². The van der Waals surface area contributed by atoms with Crippen LogP contribution in [0.1, 0.15) is 39.0 Å². The molecule has 0 spiro atoms. The highest BCUT2D eigenvalue weighted by atomic mass is 32.1. The lowest BCUT2D eigenvalue weighted by Gasteiger charge is -2.08. The number of rotatable bonds is 6. The van der Waals surface area contributed by atoms with Crippen molar-refractivity contribution in [2.45, 2.75) is 33.3 Å². The molecule has 5 heteroatoms. The van der Waals surface area contributed by atoms with Gasteiger partial charge in [-0.2, -0.15) is 0 Å². The number of thiophene rings is 1. The summed E-state index contributed by atoms with van der Waals surface area (Å²) in [5.41, 5.74) is 1.63. The minimum absolute atomic E-state index is 0.221. The first-order chi connectivity index (χ1) is 10.0. The third-order valence-electron chi connectivity index (χ3n) is 3.13. The maximum Gasteiger partial charge on any atom is 0.349 e. The Morgan fingerprint density at radius 3 is 2.76 bits per heavy atom. The molecule has 0 fully saturated rings. The lowest BCUT2D eigenvalue weighted by atomic mass is 10.1. The molecule has 0 aliphatic rings. The van der Waals surface area contributed by atoms with Crippen LogP contribution in [0.2, 0.25) is 0 Å². The fourth-order valence-electron chi connectivity index (χ4n) is 2.03. The average molecular weight is 308 g/mol. The molecule has 0 bridgehead atoms. The molecule has 1 heterocycles. The van der Waals surface area contributed by atoms with E-state index in [1.165, 1.54) is 23.5 Å². The molecular formula is C16H17FO3S. The lowest BCUT2D eigenvalue weighted by molar-refractivity contribution is 0.0697. The first kappa shape index (κ1) is 15.5. The summed E-state index contributed by atoms with van der Waals surface area (Å²) in [6.45, 7) is 4.08. The summed E-state index contributed by atoms with van der Waals surface area (Å²) in [4.78, 5) is 12.5. The SMILES string of the molecule is CCCc1cc(OCc2ccc(F)cc2C)c(C(=O)O)s1. The van der Waals surface area contributed by atoms with Crippen LogP contribution in [-0.4, -0.2) is 11.1 Å². The molecule has 0 aliphatic heterocycles. The Labute approximate surface area is 127 Å². The predicted octanol–water partition coefficient (Wildman–Crippen LogP) is 4.43. The Morgan fingerprint density at radius 1 is 1.38 bits per heavy atom. The number of benzene rings is 1. The van der Waals surface area contributed by atoms with E-state index in [1.807, 2.05) is 6.92 Å². The molecule has 0 aliphatic carbocycles. The summed E-state index contributed by atoms with van der Waals surface area (Å²) in [5, 5.41) is 9.22. The van der Waals surface area contributed by atoms with E-state index < -0.39 is 5.97 Å². The molecule has 0 saturated carbocycles. The standard InChI is InChI=1S/C16H17FO3S/c1-3-4-13-8-14(15(21-13)16(18)19)20-9-11-5-6-12(17)7-10(11)2/h5-8H,3-4,9H2,1-2H3,(H,18,19). The molecule has 3 nitrogen and oxygen atoms in total. The first-order valence-corrected chi connectivity index (χ1v) is 7.56. The van der Waals surface area contributed by atoms with Gasteiger partial charge in [0.2, 0.25) is 0 Å². The highest BCUT2D eigenvalue weighted by Gasteiger charge is 2.17. The van der Waals surface area contributed by atoms with Gasteiger partial charge in [0.05, 0.1) is 0 Å². The molecule has 1 aromatic heterocycles. The summed E-state index contributed by atoms with van der Waals surface area (Å²) in [7, 11) is 0. The number of carbonyl (C=O) groups is 1. The topological polar surface area (TPSA) is 46.5 Å². The third-order valence-corrected chi connectivity index (χ3v) is 4.29. The van der Waals surface area contributed by atoms with Crippen LogP contribution in [0.4, 0.5) is 4.39 Å². The largest absolute Gasteiger partial charge is 0.487 e. The molecule has 0 radical (unpaired) electrons. The number of hydrogen-bond acceptors (Lipinski definition) is 3. The van der Waals surface area contributed by atoms with E-state index in [0.29, 0.717) is 5.75 Å². The summed E-state index contributed by atoms with van der Waals surface area (Å²) < 4.78 is 18.7. The van der Waals surface area contributed by atoms with Gasteiger partial charge in [-0.3, -0.25) is 0 Å². The summed E-state index contributed by atoms with van der Waals surface area (Å²) in [6.07, 6.45) is 1.79. The molecule has 0 saturated heterocycles.